The van der Waals surface area contributed by atoms with E-state index in [1.165, 1.54) is 14.2 Å². The third kappa shape index (κ3) is 2.79. The van der Waals surface area contributed by atoms with E-state index in [1.54, 1.807) is 12.1 Å². The second kappa shape index (κ2) is 5.60. The van der Waals surface area contributed by atoms with Crippen LogP contribution in [0.25, 0.3) is 0 Å². The molecule has 16 heavy (non-hydrogen) atoms. The number of carbonyl (C=O) groups is 1. The highest BCUT2D eigenvalue weighted by Gasteiger charge is 2.11. The van der Waals surface area contributed by atoms with Crippen molar-refractivity contribution in [2.24, 2.45) is 0 Å². The Labute approximate surface area is 102 Å². The fourth-order valence-electron chi connectivity index (χ4n) is 1.20. The Balaban J connectivity index is 3.09. The number of alkyl halides is 1. The van der Waals surface area contributed by atoms with Gasteiger partial charge in [-0.3, -0.25) is 4.79 Å². The summed E-state index contributed by atoms with van der Waals surface area (Å²) in [5.41, 5.74) is 6.69. The lowest BCUT2D eigenvalue weighted by Gasteiger charge is -2.13. The van der Waals surface area contributed by atoms with Crippen molar-refractivity contribution < 1.29 is 14.3 Å². The number of hydrogen-bond donors (Lipinski definition) is 2. The zero-order chi connectivity index (χ0) is 12.1. The Bertz CT molecular complexity index is 396. The van der Waals surface area contributed by atoms with Crippen LogP contribution in [0.4, 0.5) is 11.4 Å². The molecule has 0 atom stereocenters. The molecule has 0 saturated heterocycles. The number of carbonyl (C=O) groups excluding carboxylic acids is 1. The van der Waals surface area contributed by atoms with Crippen LogP contribution in [0.5, 0.6) is 11.5 Å². The molecule has 6 heteroatoms. The number of nitrogen functional groups attached to an aromatic ring is 1. The second-order valence-electron chi connectivity index (χ2n) is 2.98. The van der Waals surface area contributed by atoms with Gasteiger partial charge in [-0.15, -0.1) is 0 Å². The summed E-state index contributed by atoms with van der Waals surface area (Å²) < 4.78 is 10.2. The summed E-state index contributed by atoms with van der Waals surface area (Å²) in [4.78, 5) is 11.2. The normalized spacial score (nSPS) is 9.69. The van der Waals surface area contributed by atoms with Crippen LogP contribution in [0.2, 0.25) is 0 Å². The molecule has 0 bridgehead atoms. The Kier molecular flexibility index (Phi) is 4.42. The van der Waals surface area contributed by atoms with Crippen LogP contribution in [-0.4, -0.2) is 25.5 Å². The summed E-state index contributed by atoms with van der Waals surface area (Å²) in [6, 6.07) is 3.22. The minimum Gasteiger partial charge on any atom is -0.495 e. The van der Waals surface area contributed by atoms with Gasteiger partial charge >= 0.3 is 0 Å². The van der Waals surface area contributed by atoms with Gasteiger partial charge in [0.05, 0.1) is 30.9 Å². The predicted molar refractivity (Wildman–Crippen MR) is 66.4 cm³/mol. The number of anilines is 2. The van der Waals surface area contributed by atoms with Gasteiger partial charge in [-0.05, 0) is 0 Å². The molecule has 0 aliphatic heterocycles. The van der Waals surface area contributed by atoms with E-state index in [9.17, 15) is 4.79 Å². The van der Waals surface area contributed by atoms with Crippen molar-refractivity contribution in [1.82, 2.24) is 0 Å². The molecule has 1 aromatic carbocycles. The minimum absolute atomic E-state index is 0.176. The maximum atomic E-state index is 11.2. The van der Waals surface area contributed by atoms with Crippen molar-refractivity contribution in [3.8, 4) is 11.5 Å². The number of ether oxygens (including phenoxy) is 2. The smallest absolute Gasteiger partial charge is 0.235 e. The highest BCUT2D eigenvalue weighted by molar-refractivity contribution is 9.09. The fourth-order valence-corrected chi connectivity index (χ4v) is 1.34. The van der Waals surface area contributed by atoms with E-state index in [1.807, 2.05) is 0 Å². The van der Waals surface area contributed by atoms with Gasteiger partial charge in [0, 0.05) is 12.1 Å². The molecule has 0 aromatic heterocycles. The molecule has 0 fully saturated rings. The molecule has 0 aliphatic rings. The van der Waals surface area contributed by atoms with Crippen molar-refractivity contribution in [3.05, 3.63) is 12.1 Å². The predicted octanol–water partition coefficient (Wildman–Crippen LogP) is 1.62. The lowest BCUT2D eigenvalue weighted by molar-refractivity contribution is -0.113. The van der Waals surface area contributed by atoms with Crippen molar-refractivity contribution in [1.29, 1.82) is 0 Å². The highest BCUT2D eigenvalue weighted by atomic mass is 79.9. The molecule has 5 nitrogen and oxygen atoms in total. The molecule has 1 rings (SSSR count). The van der Waals surface area contributed by atoms with E-state index in [0.29, 0.717) is 22.9 Å². The van der Waals surface area contributed by atoms with Gasteiger partial charge < -0.3 is 20.5 Å². The van der Waals surface area contributed by atoms with E-state index < -0.39 is 0 Å². The number of benzene rings is 1. The summed E-state index contributed by atoms with van der Waals surface area (Å²) in [5, 5.41) is 2.88. The average Bonchev–Trinajstić information content (AvgIpc) is 2.30. The second-order valence-corrected chi connectivity index (χ2v) is 3.54. The molecule has 0 radical (unpaired) electrons. The monoisotopic (exact) mass is 288 g/mol. The molecule has 3 N–H and O–H groups in total. The van der Waals surface area contributed by atoms with E-state index in [4.69, 9.17) is 15.2 Å². The van der Waals surface area contributed by atoms with Crippen molar-refractivity contribution in [2.45, 2.75) is 0 Å². The van der Waals surface area contributed by atoms with Crippen LogP contribution in [0.15, 0.2) is 12.1 Å². The summed E-state index contributed by atoms with van der Waals surface area (Å²) >= 11 is 3.06. The quantitative estimate of drug-likeness (QED) is 0.652. The number of nitrogens with one attached hydrogen (secondary N) is 1. The number of nitrogens with two attached hydrogens (primary N) is 1. The van der Waals surface area contributed by atoms with E-state index in [2.05, 4.69) is 21.2 Å². The number of amides is 1. The van der Waals surface area contributed by atoms with Gasteiger partial charge in [-0.2, -0.15) is 0 Å². The largest absolute Gasteiger partial charge is 0.495 e. The Morgan fingerprint density at radius 2 is 2.00 bits per heavy atom. The Morgan fingerprint density at radius 1 is 1.38 bits per heavy atom. The maximum Gasteiger partial charge on any atom is 0.235 e. The molecule has 0 unspecified atom stereocenters. The van der Waals surface area contributed by atoms with Crippen LogP contribution in [-0.2, 0) is 4.79 Å². The Hall–Kier alpha value is -1.43. The third-order valence-corrected chi connectivity index (χ3v) is 2.46. The van der Waals surface area contributed by atoms with Crippen LogP contribution in [0.1, 0.15) is 0 Å². The molecule has 1 aromatic rings. The van der Waals surface area contributed by atoms with Gasteiger partial charge in [-0.25, -0.2) is 0 Å². The minimum atomic E-state index is -0.176. The molecular formula is C10H13BrN2O3. The average molecular weight is 289 g/mol. The van der Waals surface area contributed by atoms with E-state index >= 15 is 0 Å². The molecule has 0 heterocycles. The summed E-state index contributed by atoms with van der Waals surface area (Å²) in [6.45, 7) is 0. The van der Waals surface area contributed by atoms with E-state index in [-0.39, 0.29) is 11.2 Å². The van der Waals surface area contributed by atoms with Gasteiger partial charge in [0.15, 0.2) is 0 Å². The van der Waals surface area contributed by atoms with Crippen molar-refractivity contribution >= 4 is 33.2 Å². The third-order valence-electron chi connectivity index (χ3n) is 1.95. The first-order valence-electron chi connectivity index (χ1n) is 4.49. The fraction of sp³-hybridized carbons (Fsp3) is 0.300. The van der Waals surface area contributed by atoms with Crippen LogP contribution < -0.4 is 20.5 Å². The van der Waals surface area contributed by atoms with Gasteiger partial charge in [-0.1, -0.05) is 15.9 Å². The van der Waals surface area contributed by atoms with Crippen molar-refractivity contribution in [3.63, 3.8) is 0 Å². The van der Waals surface area contributed by atoms with Crippen molar-refractivity contribution in [2.75, 3.05) is 30.6 Å². The summed E-state index contributed by atoms with van der Waals surface area (Å²) in [5.74, 6) is 0.809. The highest BCUT2D eigenvalue weighted by Crippen LogP contribution is 2.34. The van der Waals surface area contributed by atoms with Crippen LogP contribution >= 0.6 is 15.9 Å². The topological polar surface area (TPSA) is 73.6 Å². The van der Waals surface area contributed by atoms with Gasteiger partial charge in [0.2, 0.25) is 5.91 Å². The summed E-state index contributed by atoms with van der Waals surface area (Å²) in [7, 11) is 3.01. The standard InChI is InChI=1S/C10H13BrN2O3/c1-15-8-4-7(13-10(14)5-11)9(16-2)3-6(8)12/h3-4H,5,12H2,1-2H3,(H,13,14). The summed E-state index contributed by atoms with van der Waals surface area (Å²) in [6.07, 6.45) is 0. The van der Waals surface area contributed by atoms with Gasteiger partial charge in [0.1, 0.15) is 11.5 Å². The maximum absolute atomic E-state index is 11.2. The van der Waals surface area contributed by atoms with Crippen LogP contribution in [0, 0.1) is 0 Å². The first kappa shape index (κ1) is 12.6. The molecule has 88 valence electrons. The Morgan fingerprint density at radius 3 is 2.50 bits per heavy atom. The van der Waals surface area contributed by atoms with Crippen LogP contribution in [0.3, 0.4) is 0 Å². The van der Waals surface area contributed by atoms with E-state index in [0.717, 1.165) is 0 Å². The zero-order valence-electron chi connectivity index (χ0n) is 9.04. The number of methoxy groups -OCH3 is 2. The molecule has 0 spiro atoms. The number of hydrogen-bond acceptors (Lipinski definition) is 4. The first-order valence-corrected chi connectivity index (χ1v) is 5.61. The molecule has 0 aliphatic carbocycles. The molecule has 1 amide bonds. The number of halogens is 1. The lowest BCUT2D eigenvalue weighted by atomic mass is 10.2. The zero-order valence-corrected chi connectivity index (χ0v) is 10.6. The SMILES string of the molecule is COc1cc(NC(=O)CBr)c(OC)cc1N. The molecule has 0 saturated carbocycles. The molecular weight excluding hydrogens is 276 g/mol. The van der Waals surface area contributed by atoms with Gasteiger partial charge in [0.25, 0.3) is 0 Å². The first-order chi connectivity index (χ1) is 7.62. The lowest BCUT2D eigenvalue weighted by Crippen LogP contribution is -2.13. The number of rotatable bonds is 4.